The molecule has 0 spiro atoms. The Morgan fingerprint density at radius 3 is 2.47 bits per heavy atom. The maximum Gasteiger partial charge on any atom is 0.0495 e. The van der Waals surface area contributed by atoms with Gasteiger partial charge in [0.1, 0.15) is 0 Å². The topological polar surface area (TPSA) is 3.24 Å². The molecule has 1 aliphatic heterocycles. The van der Waals surface area contributed by atoms with Crippen LogP contribution in [0.1, 0.15) is 37.0 Å². The Hall–Kier alpha value is -3.84. The zero-order valence-corrected chi connectivity index (χ0v) is 19.9. The summed E-state index contributed by atoms with van der Waals surface area (Å²) in [4.78, 5) is 2.44. The molecule has 1 nitrogen and oxygen atoms in total. The molecule has 166 valence electrons. The first-order valence-electron chi connectivity index (χ1n) is 12.1. The Kier molecular flexibility index (Phi) is 4.81. The largest absolute Gasteiger partial charge is 0.342 e. The lowest BCUT2D eigenvalue weighted by Gasteiger charge is -2.30. The van der Waals surface area contributed by atoms with Gasteiger partial charge in [-0.3, -0.25) is 0 Å². The quantitative estimate of drug-likeness (QED) is 0.396. The van der Waals surface area contributed by atoms with Crippen LogP contribution in [0, 0.1) is 0 Å². The van der Waals surface area contributed by atoms with Crippen molar-refractivity contribution in [2.24, 2.45) is 0 Å². The number of allylic oxidation sites excluding steroid dienone is 6. The lowest BCUT2D eigenvalue weighted by molar-refractivity contribution is 0.661. The van der Waals surface area contributed by atoms with E-state index in [1.165, 1.54) is 50.2 Å². The average molecular weight is 440 g/mol. The Labute approximate surface area is 202 Å². The smallest absolute Gasteiger partial charge is 0.0495 e. The number of rotatable bonds is 3. The molecule has 1 heterocycles. The summed E-state index contributed by atoms with van der Waals surface area (Å²) in [6.45, 7) is 10.1. The van der Waals surface area contributed by atoms with Gasteiger partial charge in [-0.25, -0.2) is 0 Å². The standard InChI is InChI=1S/C33H29N/c1-23-19-31-29(28-15-9-10-16-30(28)33(31,2)3)22-34(21-24-11-7-8-12-24)32-20-26(17-18-27(23)32)25-13-5-4-6-14-25/h4-7,9-20,22H,1,8,21H2,2-3H3/b29-22-,31-19+. The minimum absolute atomic E-state index is 0.0644. The highest BCUT2D eigenvalue weighted by Crippen LogP contribution is 2.52. The van der Waals surface area contributed by atoms with Crippen LogP contribution < -0.4 is 4.90 Å². The van der Waals surface area contributed by atoms with Crippen molar-refractivity contribution in [1.82, 2.24) is 0 Å². The molecule has 0 amide bonds. The SMILES string of the molecule is C=C1/C=C2\C(=C/N(CC3=CCC=C3)c3cc(-c4ccccc4)ccc31)c1ccccc1C2(C)C. The van der Waals surface area contributed by atoms with E-state index in [0.717, 1.165) is 18.5 Å². The molecule has 3 aromatic carbocycles. The summed E-state index contributed by atoms with van der Waals surface area (Å²) < 4.78 is 0. The second kappa shape index (κ2) is 7.88. The van der Waals surface area contributed by atoms with E-state index in [2.05, 4.69) is 129 Å². The van der Waals surface area contributed by atoms with Crippen molar-refractivity contribution in [3.05, 3.63) is 138 Å². The fourth-order valence-corrected chi connectivity index (χ4v) is 5.57. The third-order valence-corrected chi connectivity index (χ3v) is 7.42. The molecular formula is C33H29N. The maximum absolute atomic E-state index is 4.56. The van der Waals surface area contributed by atoms with Crippen LogP contribution >= 0.6 is 0 Å². The third kappa shape index (κ3) is 3.31. The second-order valence-corrected chi connectivity index (χ2v) is 9.94. The van der Waals surface area contributed by atoms with Crippen molar-refractivity contribution in [1.29, 1.82) is 0 Å². The van der Waals surface area contributed by atoms with Gasteiger partial charge in [0, 0.05) is 35.0 Å². The van der Waals surface area contributed by atoms with Gasteiger partial charge in [-0.2, -0.15) is 0 Å². The Morgan fingerprint density at radius 2 is 1.68 bits per heavy atom. The van der Waals surface area contributed by atoms with Gasteiger partial charge in [0.15, 0.2) is 0 Å². The van der Waals surface area contributed by atoms with Gasteiger partial charge in [-0.1, -0.05) is 111 Å². The number of hydrogen-bond donors (Lipinski definition) is 0. The molecule has 0 atom stereocenters. The highest BCUT2D eigenvalue weighted by atomic mass is 15.1. The number of anilines is 1. The summed E-state index contributed by atoms with van der Waals surface area (Å²) in [6, 6.07) is 26.3. The van der Waals surface area contributed by atoms with Crippen molar-refractivity contribution in [2.75, 3.05) is 11.4 Å². The van der Waals surface area contributed by atoms with Crippen LogP contribution in [0.2, 0.25) is 0 Å². The van der Waals surface area contributed by atoms with E-state index in [1.54, 1.807) is 0 Å². The van der Waals surface area contributed by atoms with Gasteiger partial charge in [-0.05, 0) is 51.5 Å². The van der Waals surface area contributed by atoms with E-state index >= 15 is 0 Å². The molecule has 2 aliphatic carbocycles. The van der Waals surface area contributed by atoms with Crippen molar-refractivity contribution in [3.8, 4) is 11.1 Å². The van der Waals surface area contributed by atoms with Crippen LogP contribution in [-0.2, 0) is 5.41 Å². The van der Waals surface area contributed by atoms with E-state index in [1.807, 2.05) is 0 Å². The Balaban J connectivity index is 1.58. The first-order valence-corrected chi connectivity index (χ1v) is 12.1. The van der Waals surface area contributed by atoms with Crippen LogP contribution in [0.15, 0.2) is 121 Å². The molecule has 0 N–H and O–H groups in total. The van der Waals surface area contributed by atoms with Crippen molar-refractivity contribution in [2.45, 2.75) is 25.7 Å². The van der Waals surface area contributed by atoms with Gasteiger partial charge in [0.25, 0.3) is 0 Å². The minimum atomic E-state index is -0.0644. The summed E-state index contributed by atoms with van der Waals surface area (Å²) in [6.07, 6.45) is 12.5. The molecule has 0 aromatic heterocycles. The summed E-state index contributed by atoms with van der Waals surface area (Å²) in [7, 11) is 0. The number of fused-ring (bicyclic) bond motifs is 4. The van der Waals surface area contributed by atoms with E-state index in [-0.39, 0.29) is 5.41 Å². The molecule has 0 saturated carbocycles. The molecule has 1 heteroatoms. The third-order valence-electron chi connectivity index (χ3n) is 7.42. The molecule has 0 unspecified atom stereocenters. The highest BCUT2D eigenvalue weighted by Gasteiger charge is 2.39. The highest BCUT2D eigenvalue weighted by molar-refractivity contribution is 5.97. The number of nitrogens with zero attached hydrogens (tertiary/aromatic N) is 1. The zero-order valence-electron chi connectivity index (χ0n) is 19.9. The Morgan fingerprint density at radius 1 is 0.882 bits per heavy atom. The second-order valence-electron chi connectivity index (χ2n) is 9.94. The summed E-state index contributed by atoms with van der Waals surface area (Å²) in [5.41, 5.74) is 12.6. The predicted octanol–water partition coefficient (Wildman–Crippen LogP) is 8.33. The molecule has 0 bridgehead atoms. The van der Waals surface area contributed by atoms with Gasteiger partial charge in [0.2, 0.25) is 0 Å². The fraction of sp³-hybridized carbons (Fsp3) is 0.152. The van der Waals surface area contributed by atoms with E-state index < -0.39 is 0 Å². The zero-order chi connectivity index (χ0) is 23.3. The van der Waals surface area contributed by atoms with Gasteiger partial charge in [-0.15, -0.1) is 0 Å². The van der Waals surface area contributed by atoms with Gasteiger partial charge < -0.3 is 4.90 Å². The van der Waals surface area contributed by atoms with Crippen LogP contribution in [0.3, 0.4) is 0 Å². The lowest BCUT2D eigenvalue weighted by Crippen LogP contribution is -2.22. The fourth-order valence-electron chi connectivity index (χ4n) is 5.57. The minimum Gasteiger partial charge on any atom is -0.342 e. The van der Waals surface area contributed by atoms with Crippen LogP contribution in [0.5, 0.6) is 0 Å². The first kappa shape index (κ1) is 20.7. The van der Waals surface area contributed by atoms with Crippen molar-refractivity contribution >= 4 is 16.8 Å². The Bertz CT molecular complexity index is 1430. The normalized spacial score (nSPS) is 20.8. The molecule has 0 radical (unpaired) electrons. The molecular weight excluding hydrogens is 410 g/mol. The van der Waals surface area contributed by atoms with E-state index in [4.69, 9.17) is 0 Å². The van der Waals surface area contributed by atoms with Crippen molar-refractivity contribution < 1.29 is 0 Å². The maximum atomic E-state index is 4.56. The molecule has 0 saturated heterocycles. The molecule has 3 aliphatic rings. The van der Waals surface area contributed by atoms with E-state index in [9.17, 15) is 0 Å². The average Bonchev–Trinajstić information content (AvgIpc) is 3.44. The summed E-state index contributed by atoms with van der Waals surface area (Å²) in [5.74, 6) is 0. The molecule has 34 heavy (non-hydrogen) atoms. The van der Waals surface area contributed by atoms with Crippen LogP contribution in [0.25, 0.3) is 22.3 Å². The summed E-state index contributed by atoms with van der Waals surface area (Å²) in [5, 5.41) is 0. The number of benzene rings is 3. The lowest BCUT2D eigenvalue weighted by atomic mass is 9.80. The van der Waals surface area contributed by atoms with Crippen molar-refractivity contribution in [3.63, 3.8) is 0 Å². The number of hydrogen-bond acceptors (Lipinski definition) is 1. The molecule has 3 aromatic rings. The predicted molar refractivity (Wildman–Crippen MR) is 146 cm³/mol. The van der Waals surface area contributed by atoms with Crippen LogP contribution in [0.4, 0.5) is 5.69 Å². The monoisotopic (exact) mass is 439 g/mol. The molecule has 0 fully saturated rings. The molecule has 6 rings (SSSR count). The van der Waals surface area contributed by atoms with Gasteiger partial charge >= 0.3 is 0 Å². The van der Waals surface area contributed by atoms with E-state index in [0.29, 0.717) is 0 Å². The van der Waals surface area contributed by atoms with Crippen LogP contribution in [-0.4, -0.2) is 6.54 Å². The van der Waals surface area contributed by atoms with Gasteiger partial charge in [0.05, 0.1) is 0 Å². The first-order chi connectivity index (χ1) is 16.5. The summed E-state index contributed by atoms with van der Waals surface area (Å²) >= 11 is 0.